The molecule has 11 heteroatoms. The summed E-state index contributed by atoms with van der Waals surface area (Å²) >= 11 is 0. The first kappa shape index (κ1) is 29.0. The first-order chi connectivity index (χ1) is 14.4. The van der Waals surface area contributed by atoms with Crippen LogP contribution in [-0.4, -0.2) is 80.4 Å². The zero-order valence-electron chi connectivity index (χ0n) is 19.4. The van der Waals surface area contributed by atoms with Crippen LogP contribution in [0.2, 0.25) is 0 Å². The highest BCUT2D eigenvalue weighted by molar-refractivity contribution is 5.88. The minimum absolute atomic E-state index is 0.0106. The first-order valence-corrected chi connectivity index (χ1v) is 10.1. The minimum Gasteiger partial charge on any atom is -0.443 e. The third-order valence-corrected chi connectivity index (χ3v) is 3.15. The minimum atomic E-state index is -1.07. The fraction of sp³-hybridized carbons (Fsp3) is 0.850. The molecule has 0 aromatic heterocycles. The topological polar surface area (TPSA) is 110 Å². The number of carbonyl (C=O) groups excluding carboxylic acids is 3. The lowest BCUT2D eigenvalue weighted by Crippen LogP contribution is -2.45. The van der Waals surface area contributed by atoms with Crippen LogP contribution in [0.1, 0.15) is 54.4 Å². The molecule has 0 bridgehead atoms. The van der Waals surface area contributed by atoms with Gasteiger partial charge < -0.3 is 23.7 Å². The van der Waals surface area contributed by atoms with Crippen molar-refractivity contribution in [3.63, 3.8) is 0 Å². The largest absolute Gasteiger partial charge is 0.443 e. The molecule has 0 aromatic rings. The van der Waals surface area contributed by atoms with Gasteiger partial charge in [0.25, 0.3) is 0 Å². The summed E-state index contributed by atoms with van der Waals surface area (Å²) in [7, 11) is 0. The van der Waals surface area contributed by atoms with Crippen molar-refractivity contribution >= 4 is 18.2 Å². The van der Waals surface area contributed by atoms with Crippen molar-refractivity contribution < 1.29 is 47.5 Å². The van der Waals surface area contributed by atoms with Crippen molar-refractivity contribution in [2.24, 2.45) is 0 Å². The highest BCUT2D eigenvalue weighted by atomic mass is 19.3. The highest BCUT2D eigenvalue weighted by Gasteiger charge is 2.30. The molecule has 0 fully saturated rings. The number of ether oxygens (including phenoxy) is 5. The number of amides is 2. The van der Waals surface area contributed by atoms with Gasteiger partial charge in [-0.15, -0.1) is 0 Å². The van der Waals surface area contributed by atoms with Crippen LogP contribution < -0.4 is 0 Å². The fourth-order valence-electron chi connectivity index (χ4n) is 1.95. The molecule has 0 aliphatic rings. The lowest BCUT2D eigenvalue weighted by atomic mass is 10.2. The predicted molar refractivity (Wildman–Crippen MR) is 108 cm³/mol. The monoisotopic (exact) mass is 453 g/mol. The normalized spacial score (nSPS) is 11.7. The van der Waals surface area contributed by atoms with E-state index in [0.717, 1.165) is 4.90 Å². The third kappa shape index (κ3) is 17.4. The number of carbonyl (C=O) groups is 3. The zero-order valence-corrected chi connectivity index (χ0v) is 19.4. The Balaban J connectivity index is 4.08. The molecule has 0 unspecified atom stereocenters. The summed E-state index contributed by atoms with van der Waals surface area (Å²) in [6, 6.07) is 0. The van der Waals surface area contributed by atoms with E-state index < -0.39 is 36.0 Å². The Morgan fingerprint density at radius 3 is 1.55 bits per heavy atom. The lowest BCUT2D eigenvalue weighted by Gasteiger charge is -2.28. The van der Waals surface area contributed by atoms with Crippen molar-refractivity contribution in [3.8, 4) is 0 Å². The number of halogens is 1. The molecule has 0 atom stereocenters. The fourth-order valence-corrected chi connectivity index (χ4v) is 1.95. The van der Waals surface area contributed by atoms with E-state index in [-0.39, 0.29) is 19.8 Å². The van der Waals surface area contributed by atoms with E-state index in [1.165, 1.54) is 0 Å². The molecule has 0 aliphatic heterocycles. The van der Waals surface area contributed by atoms with Gasteiger partial charge in [0.05, 0.1) is 13.2 Å². The number of hydrogen-bond donors (Lipinski definition) is 0. The van der Waals surface area contributed by atoms with Crippen molar-refractivity contribution in [1.82, 2.24) is 4.90 Å². The number of hydrogen-bond acceptors (Lipinski definition) is 9. The molecule has 0 rings (SSSR count). The maximum atomic E-state index is 12.3. The molecule has 0 heterocycles. The van der Waals surface area contributed by atoms with E-state index in [9.17, 15) is 18.9 Å². The average molecular weight is 454 g/mol. The summed E-state index contributed by atoms with van der Waals surface area (Å²) in [6.45, 7) is 11.4. The molecule has 10 nitrogen and oxygen atoms in total. The van der Waals surface area contributed by atoms with Gasteiger partial charge in [0.15, 0.2) is 0 Å². The second kappa shape index (κ2) is 14.9. The molecule has 0 saturated heterocycles. The Bertz CT molecular complexity index is 516. The van der Waals surface area contributed by atoms with Gasteiger partial charge in [-0.2, -0.15) is 0 Å². The maximum absolute atomic E-state index is 12.3. The molecule has 0 aliphatic carbocycles. The van der Waals surface area contributed by atoms with Crippen LogP contribution in [-0.2, 0) is 33.4 Å². The van der Waals surface area contributed by atoms with E-state index in [2.05, 4.69) is 4.94 Å². The van der Waals surface area contributed by atoms with Crippen LogP contribution in [0.5, 0.6) is 0 Å². The maximum Gasteiger partial charge on any atom is 0.419 e. The molecule has 0 N–H and O–H groups in total. The molecule has 0 radical (unpaired) electrons. The predicted octanol–water partition coefficient (Wildman–Crippen LogP) is 3.42. The molecule has 0 spiro atoms. The molecule has 2 amide bonds. The highest BCUT2D eigenvalue weighted by Crippen LogP contribution is 2.14. The van der Waals surface area contributed by atoms with E-state index in [1.54, 1.807) is 41.5 Å². The van der Waals surface area contributed by atoms with Crippen LogP contribution in [0.25, 0.3) is 0 Å². The van der Waals surface area contributed by atoms with Crippen LogP contribution in [0, 0.1) is 0 Å². The van der Waals surface area contributed by atoms with Gasteiger partial charge in [0.1, 0.15) is 17.8 Å². The van der Waals surface area contributed by atoms with Crippen LogP contribution in [0.15, 0.2) is 0 Å². The van der Waals surface area contributed by atoms with Gasteiger partial charge >= 0.3 is 18.2 Å². The number of rotatable bonds is 13. The van der Waals surface area contributed by atoms with Gasteiger partial charge in [-0.1, -0.05) is 0 Å². The Morgan fingerprint density at radius 1 is 0.710 bits per heavy atom. The smallest absolute Gasteiger partial charge is 0.419 e. The van der Waals surface area contributed by atoms with Crippen LogP contribution in [0.4, 0.5) is 14.1 Å². The second-order valence-corrected chi connectivity index (χ2v) is 8.55. The summed E-state index contributed by atoms with van der Waals surface area (Å²) in [5.74, 6) is -1.07. The van der Waals surface area contributed by atoms with Crippen LogP contribution in [0.3, 0.4) is 0 Å². The van der Waals surface area contributed by atoms with E-state index >= 15 is 0 Å². The average Bonchev–Trinajstić information content (AvgIpc) is 2.62. The van der Waals surface area contributed by atoms with Crippen LogP contribution >= 0.6 is 0 Å². The van der Waals surface area contributed by atoms with Crippen molar-refractivity contribution in [1.29, 1.82) is 0 Å². The number of nitrogens with zero attached hydrogens (tertiary/aromatic N) is 1. The lowest BCUT2D eigenvalue weighted by molar-refractivity contribution is -0.188. The Labute approximate surface area is 183 Å². The van der Waals surface area contributed by atoms with Gasteiger partial charge in [0, 0.05) is 31.0 Å². The zero-order chi connectivity index (χ0) is 23.9. The Hall–Kier alpha value is -1.98. The molecule has 0 saturated carbocycles. The van der Waals surface area contributed by atoms with E-state index in [1.807, 2.05) is 0 Å². The molecular weight excluding hydrogens is 417 g/mol. The summed E-state index contributed by atoms with van der Waals surface area (Å²) in [6.07, 6.45) is -0.443. The van der Waals surface area contributed by atoms with Crippen molar-refractivity contribution in [2.45, 2.75) is 65.6 Å². The molecule has 31 heavy (non-hydrogen) atoms. The van der Waals surface area contributed by atoms with Crippen molar-refractivity contribution in [3.05, 3.63) is 0 Å². The van der Waals surface area contributed by atoms with Crippen molar-refractivity contribution in [2.75, 3.05) is 46.2 Å². The molecular formula is C20H36FNO9. The Morgan fingerprint density at radius 2 is 1.13 bits per heavy atom. The number of imide groups is 1. The quantitative estimate of drug-likeness (QED) is 0.387. The third-order valence-electron chi connectivity index (χ3n) is 3.15. The molecule has 0 aromatic carbocycles. The first-order valence-electron chi connectivity index (χ1n) is 10.1. The summed E-state index contributed by atoms with van der Waals surface area (Å²) in [5, 5.41) is 0. The van der Waals surface area contributed by atoms with Gasteiger partial charge in [-0.05, 0) is 54.4 Å². The summed E-state index contributed by atoms with van der Waals surface area (Å²) in [5.41, 5.74) is -1.51. The summed E-state index contributed by atoms with van der Waals surface area (Å²) in [4.78, 5) is 39.0. The SMILES string of the molecule is CC(C)(C)OC(=O)N(CCOCCCOCCCOCC(=O)OF)C(=O)OC(C)(C)C. The van der Waals surface area contributed by atoms with Gasteiger partial charge in [-0.25, -0.2) is 19.3 Å². The second-order valence-electron chi connectivity index (χ2n) is 8.55. The van der Waals surface area contributed by atoms with E-state index in [0.29, 0.717) is 32.7 Å². The van der Waals surface area contributed by atoms with Gasteiger partial charge in [-0.3, -0.25) is 4.94 Å². The summed E-state index contributed by atoms with van der Waals surface area (Å²) < 4.78 is 37.7. The molecule has 182 valence electrons. The standard InChI is InChI=1S/C20H36FNO9/c1-19(2,3)29-17(24)22(18(25)30-20(4,5)6)9-14-27-12-7-10-26-11-8-13-28-15-16(23)31-21/h7-15H2,1-6H3. The van der Waals surface area contributed by atoms with E-state index in [4.69, 9.17) is 23.7 Å². The van der Waals surface area contributed by atoms with Gasteiger partial charge in [0.2, 0.25) is 0 Å². The Kier molecular flexibility index (Phi) is 14.0.